The van der Waals surface area contributed by atoms with E-state index in [0.29, 0.717) is 0 Å². The van der Waals surface area contributed by atoms with E-state index in [2.05, 4.69) is 32.2 Å². The normalized spacial score (nSPS) is 37.8. The highest BCUT2D eigenvalue weighted by Gasteiger charge is 2.22. The second-order valence-corrected chi connectivity index (χ2v) is 3.93. The van der Waals surface area contributed by atoms with Gasteiger partial charge >= 0.3 is 0 Å². The Balaban J connectivity index is 2.50. The first-order chi connectivity index (χ1) is 5.24. The summed E-state index contributed by atoms with van der Waals surface area (Å²) >= 11 is 0. The standard InChI is InChI=1S/C11H18/c1-4-5-11-7-6-9(2)8-10(11)3/h5,9-11H,1,6-8H2,2-3H3. The lowest BCUT2D eigenvalue weighted by Gasteiger charge is -2.29. The van der Waals surface area contributed by atoms with Crippen LogP contribution in [0.2, 0.25) is 0 Å². The van der Waals surface area contributed by atoms with Crippen molar-refractivity contribution < 1.29 is 0 Å². The van der Waals surface area contributed by atoms with Gasteiger partial charge in [-0.05, 0) is 36.7 Å². The number of rotatable bonds is 1. The maximum atomic E-state index is 3.63. The van der Waals surface area contributed by atoms with E-state index in [9.17, 15) is 0 Å². The molecule has 0 aromatic carbocycles. The summed E-state index contributed by atoms with van der Waals surface area (Å²) in [6, 6.07) is 0. The van der Waals surface area contributed by atoms with Crippen LogP contribution in [0.4, 0.5) is 0 Å². The molecule has 3 atom stereocenters. The van der Waals surface area contributed by atoms with Gasteiger partial charge in [-0.3, -0.25) is 0 Å². The first-order valence-corrected chi connectivity index (χ1v) is 4.60. The van der Waals surface area contributed by atoms with E-state index in [-0.39, 0.29) is 0 Å². The third kappa shape index (κ3) is 2.24. The molecule has 11 heavy (non-hydrogen) atoms. The van der Waals surface area contributed by atoms with Crippen molar-refractivity contribution in [3.8, 4) is 0 Å². The van der Waals surface area contributed by atoms with Crippen molar-refractivity contribution in [2.24, 2.45) is 17.8 Å². The largest absolute Gasteiger partial charge is 0.133 e. The third-order valence-corrected chi connectivity index (χ3v) is 2.83. The van der Waals surface area contributed by atoms with Crippen LogP contribution < -0.4 is 0 Å². The molecule has 0 radical (unpaired) electrons. The number of allylic oxidation sites excluding steroid dienone is 1. The van der Waals surface area contributed by atoms with Gasteiger partial charge < -0.3 is 0 Å². The van der Waals surface area contributed by atoms with E-state index in [0.717, 1.165) is 17.8 Å². The Morgan fingerprint density at radius 3 is 2.64 bits per heavy atom. The Hall–Kier alpha value is -0.480. The fourth-order valence-corrected chi connectivity index (χ4v) is 2.09. The molecule has 0 aliphatic heterocycles. The number of hydrogen-bond acceptors (Lipinski definition) is 0. The molecule has 62 valence electrons. The molecule has 0 bridgehead atoms. The summed E-state index contributed by atoms with van der Waals surface area (Å²) < 4.78 is 0. The number of hydrogen-bond donors (Lipinski definition) is 0. The summed E-state index contributed by atoms with van der Waals surface area (Å²) in [7, 11) is 0. The quantitative estimate of drug-likeness (QED) is 0.502. The molecule has 0 saturated heterocycles. The lowest BCUT2D eigenvalue weighted by Crippen LogP contribution is -2.19. The second-order valence-electron chi connectivity index (χ2n) is 3.93. The minimum absolute atomic E-state index is 0.753. The van der Waals surface area contributed by atoms with Gasteiger partial charge in [-0.2, -0.15) is 0 Å². The molecular formula is C11H18. The zero-order chi connectivity index (χ0) is 8.27. The van der Waals surface area contributed by atoms with E-state index in [1.807, 2.05) is 0 Å². The average molecular weight is 150 g/mol. The molecule has 1 rings (SSSR count). The smallest absolute Gasteiger partial charge is 0.0132 e. The Bertz CT molecular complexity index is 163. The first-order valence-electron chi connectivity index (χ1n) is 4.60. The van der Waals surface area contributed by atoms with E-state index in [1.165, 1.54) is 19.3 Å². The van der Waals surface area contributed by atoms with Crippen LogP contribution in [0.1, 0.15) is 33.1 Å². The maximum absolute atomic E-state index is 3.63. The van der Waals surface area contributed by atoms with Crippen molar-refractivity contribution in [2.75, 3.05) is 0 Å². The van der Waals surface area contributed by atoms with Crippen LogP contribution in [-0.4, -0.2) is 0 Å². The molecule has 0 aromatic rings. The fraction of sp³-hybridized carbons (Fsp3) is 0.727. The molecule has 3 unspecified atom stereocenters. The summed E-state index contributed by atoms with van der Waals surface area (Å²) in [6.45, 7) is 8.32. The highest BCUT2D eigenvalue weighted by atomic mass is 14.3. The van der Waals surface area contributed by atoms with E-state index in [1.54, 1.807) is 0 Å². The maximum Gasteiger partial charge on any atom is -0.0132 e. The fourth-order valence-electron chi connectivity index (χ4n) is 2.09. The first kappa shape index (κ1) is 8.62. The third-order valence-electron chi connectivity index (χ3n) is 2.83. The van der Waals surface area contributed by atoms with E-state index < -0.39 is 0 Å². The van der Waals surface area contributed by atoms with Gasteiger partial charge in [0.25, 0.3) is 0 Å². The molecule has 0 N–H and O–H groups in total. The van der Waals surface area contributed by atoms with Gasteiger partial charge in [-0.25, -0.2) is 0 Å². The van der Waals surface area contributed by atoms with Gasteiger partial charge in [0, 0.05) is 0 Å². The lowest BCUT2D eigenvalue weighted by atomic mass is 9.76. The minimum Gasteiger partial charge on any atom is -0.133 e. The highest BCUT2D eigenvalue weighted by molar-refractivity contribution is 4.90. The molecule has 0 heteroatoms. The summed E-state index contributed by atoms with van der Waals surface area (Å²) in [5, 5.41) is 0. The Labute approximate surface area is 70.0 Å². The van der Waals surface area contributed by atoms with E-state index >= 15 is 0 Å². The van der Waals surface area contributed by atoms with Crippen LogP contribution >= 0.6 is 0 Å². The molecular weight excluding hydrogens is 132 g/mol. The van der Waals surface area contributed by atoms with Crippen molar-refractivity contribution in [3.05, 3.63) is 18.4 Å². The Kier molecular flexibility index (Phi) is 2.96. The van der Waals surface area contributed by atoms with Crippen molar-refractivity contribution in [1.29, 1.82) is 0 Å². The topological polar surface area (TPSA) is 0 Å². The molecule has 0 amide bonds. The summed E-state index contributed by atoms with van der Waals surface area (Å²) in [5.41, 5.74) is 2.91. The van der Waals surface area contributed by atoms with Crippen LogP contribution in [-0.2, 0) is 0 Å². The van der Waals surface area contributed by atoms with Gasteiger partial charge in [-0.15, -0.1) is 5.73 Å². The monoisotopic (exact) mass is 150 g/mol. The predicted octanol–water partition coefficient (Wildman–Crippen LogP) is 3.40. The summed E-state index contributed by atoms with van der Waals surface area (Å²) in [5.74, 6) is 2.52. The molecule has 0 heterocycles. The van der Waals surface area contributed by atoms with Crippen LogP contribution in [0, 0.1) is 17.8 Å². The second kappa shape index (κ2) is 3.78. The molecule has 0 spiro atoms. The molecule has 1 saturated carbocycles. The van der Waals surface area contributed by atoms with Gasteiger partial charge in [-0.1, -0.05) is 26.8 Å². The van der Waals surface area contributed by atoms with Gasteiger partial charge in [0.15, 0.2) is 0 Å². The zero-order valence-corrected chi connectivity index (χ0v) is 7.64. The van der Waals surface area contributed by atoms with Crippen molar-refractivity contribution in [1.82, 2.24) is 0 Å². The summed E-state index contributed by atoms with van der Waals surface area (Å²) in [4.78, 5) is 0. The lowest BCUT2D eigenvalue weighted by molar-refractivity contribution is 0.243. The van der Waals surface area contributed by atoms with Gasteiger partial charge in [0.05, 0.1) is 0 Å². The van der Waals surface area contributed by atoms with Crippen LogP contribution in [0.5, 0.6) is 0 Å². The van der Waals surface area contributed by atoms with Gasteiger partial charge in [0.2, 0.25) is 0 Å². The van der Waals surface area contributed by atoms with Crippen LogP contribution in [0.25, 0.3) is 0 Å². The molecule has 1 aliphatic rings. The van der Waals surface area contributed by atoms with Crippen molar-refractivity contribution in [3.63, 3.8) is 0 Å². The molecule has 0 aromatic heterocycles. The molecule has 1 fully saturated rings. The predicted molar refractivity (Wildman–Crippen MR) is 49.4 cm³/mol. The molecule has 0 nitrogen and oxygen atoms in total. The van der Waals surface area contributed by atoms with Crippen LogP contribution in [0.15, 0.2) is 18.4 Å². The van der Waals surface area contributed by atoms with Gasteiger partial charge in [0.1, 0.15) is 0 Å². The van der Waals surface area contributed by atoms with Crippen LogP contribution in [0.3, 0.4) is 0 Å². The average Bonchev–Trinajstić information content (AvgIpc) is 1.95. The highest BCUT2D eigenvalue weighted by Crippen LogP contribution is 2.33. The Morgan fingerprint density at radius 1 is 1.36 bits per heavy atom. The minimum atomic E-state index is 0.753. The summed E-state index contributed by atoms with van der Waals surface area (Å²) in [6.07, 6.45) is 6.25. The Morgan fingerprint density at radius 2 is 2.09 bits per heavy atom. The van der Waals surface area contributed by atoms with Crippen molar-refractivity contribution in [2.45, 2.75) is 33.1 Å². The van der Waals surface area contributed by atoms with E-state index in [4.69, 9.17) is 0 Å². The SMILES string of the molecule is C=C=CC1CCC(C)CC1C. The molecule has 1 aliphatic carbocycles. The van der Waals surface area contributed by atoms with Crippen molar-refractivity contribution >= 4 is 0 Å². The zero-order valence-electron chi connectivity index (χ0n) is 7.64.